The van der Waals surface area contributed by atoms with Crippen molar-refractivity contribution in [2.45, 2.75) is 6.92 Å². The van der Waals surface area contributed by atoms with E-state index in [0.29, 0.717) is 44.4 Å². The zero-order valence-corrected chi connectivity index (χ0v) is 12.1. The van der Waals surface area contributed by atoms with E-state index in [9.17, 15) is 4.79 Å². The second kappa shape index (κ2) is 6.99. The van der Waals surface area contributed by atoms with Crippen LogP contribution in [0.5, 0.6) is 0 Å². The van der Waals surface area contributed by atoms with Crippen molar-refractivity contribution in [3.05, 3.63) is 6.07 Å². The average Bonchev–Trinajstić information content (AvgIpc) is 2.38. The predicted molar refractivity (Wildman–Crippen MR) is 78.9 cm³/mol. The van der Waals surface area contributed by atoms with Crippen LogP contribution in [0.1, 0.15) is 6.92 Å². The molecule has 1 fully saturated rings. The van der Waals surface area contributed by atoms with E-state index in [1.54, 1.807) is 17.9 Å². The van der Waals surface area contributed by atoms with E-state index in [1.807, 2.05) is 4.90 Å². The van der Waals surface area contributed by atoms with Gasteiger partial charge in [-0.2, -0.15) is 9.97 Å². The summed E-state index contributed by atoms with van der Waals surface area (Å²) >= 11 is 0. The molecule has 0 unspecified atom stereocenters. The van der Waals surface area contributed by atoms with Crippen LogP contribution >= 0.6 is 12.4 Å². The number of nitrogen functional groups attached to an aromatic ring is 2. The molecule has 20 heavy (non-hydrogen) atoms. The highest BCUT2D eigenvalue weighted by Crippen LogP contribution is 2.17. The van der Waals surface area contributed by atoms with Gasteiger partial charge in [0.25, 0.3) is 0 Å². The van der Waals surface area contributed by atoms with Crippen LogP contribution in [-0.2, 0) is 4.74 Å². The molecule has 4 N–H and O–H groups in total. The number of halogens is 1. The highest BCUT2D eigenvalue weighted by molar-refractivity contribution is 5.85. The van der Waals surface area contributed by atoms with Crippen LogP contribution in [0.15, 0.2) is 6.07 Å². The Labute approximate surface area is 123 Å². The largest absolute Gasteiger partial charge is 0.450 e. The fourth-order valence-electron chi connectivity index (χ4n) is 1.97. The van der Waals surface area contributed by atoms with Gasteiger partial charge in [-0.25, -0.2) is 4.79 Å². The monoisotopic (exact) mass is 302 g/mol. The van der Waals surface area contributed by atoms with Crippen molar-refractivity contribution in [2.75, 3.05) is 49.2 Å². The molecule has 9 heteroatoms. The minimum absolute atomic E-state index is 0. The molecular weight excluding hydrogens is 284 g/mol. The number of carbonyl (C=O) groups excluding carboxylic acids is 1. The second-order valence-electron chi connectivity index (χ2n) is 4.18. The number of amides is 1. The van der Waals surface area contributed by atoms with Crippen LogP contribution in [0.3, 0.4) is 0 Å². The molecule has 0 saturated carbocycles. The Morgan fingerprint density at radius 1 is 1.30 bits per heavy atom. The first-order valence-electron chi connectivity index (χ1n) is 6.17. The number of hydrogen-bond acceptors (Lipinski definition) is 7. The molecule has 1 aliphatic heterocycles. The first kappa shape index (κ1) is 16.1. The molecule has 0 atom stereocenters. The minimum Gasteiger partial charge on any atom is -0.450 e. The Hall–Kier alpha value is -1.96. The van der Waals surface area contributed by atoms with Gasteiger partial charge < -0.3 is 26.0 Å². The summed E-state index contributed by atoms with van der Waals surface area (Å²) in [5.41, 5.74) is 11.2. The van der Waals surface area contributed by atoms with E-state index in [-0.39, 0.29) is 24.4 Å². The summed E-state index contributed by atoms with van der Waals surface area (Å²) in [5.74, 6) is 1.19. The molecule has 8 nitrogen and oxygen atoms in total. The maximum absolute atomic E-state index is 11.6. The van der Waals surface area contributed by atoms with Gasteiger partial charge >= 0.3 is 6.09 Å². The van der Waals surface area contributed by atoms with Gasteiger partial charge in [-0.1, -0.05) is 0 Å². The van der Waals surface area contributed by atoms with Gasteiger partial charge in [0, 0.05) is 32.2 Å². The summed E-state index contributed by atoms with van der Waals surface area (Å²) < 4.78 is 4.96. The average molecular weight is 303 g/mol. The zero-order valence-electron chi connectivity index (χ0n) is 11.3. The molecule has 0 radical (unpaired) electrons. The van der Waals surface area contributed by atoms with Gasteiger partial charge in [-0.3, -0.25) is 0 Å². The van der Waals surface area contributed by atoms with Crippen LogP contribution in [-0.4, -0.2) is 53.7 Å². The van der Waals surface area contributed by atoms with Crippen molar-refractivity contribution in [1.82, 2.24) is 14.9 Å². The Morgan fingerprint density at radius 2 is 1.95 bits per heavy atom. The quantitative estimate of drug-likeness (QED) is 0.810. The molecule has 112 valence electrons. The normalized spacial score (nSPS) is 14.7. The smallest absolute Gasteiger partial charge is 0.409 e. The number of ether oxygens (including phenoxy) is 1. The van der Waals surface area contributed by atoms with Gasteiger partial charge in [-0.05, 0) is 6.92 Å². The Morgan fingerprint density at radius 3 is 2.50 bits per heavy atom. The zero-order chi connectivity index (χ0) is 13.8. The third-order valence-corrected chi connectivity index (χ3v) is 2.88. The van der Waals surface area contributed by atoms with Gasteiger partial charge in [0.05, 0.1) is 6.61 Å². The lowest BCUT2D eigenvalue weighted by Crippen LogP contribution is -2.49. The molecule has 0 aliphatic carbocycles. The van der Waals surface area contributed by atoms with Crippen molar-refractivity contribution >= 4 is 36.1 Å². The van der Waals surface area contributed by atoms with E-state index in [4.69, 9.17) is 16.2 Å². The summed E-state index contributed by atoms with van der Waals surface area (Å²) in [6, 6.07) is 1.68. The van der Waals surface area contributed by atoms with Gasteiger partial charge in [0.1, 0.15) is 11.6 Å². The third-order valence-electron chi connectivity index (χ3n) is 2.88. The van der Waals surface area contributed by atoms with Crippen molar-refractivity contribution in [3.8, 4) is 0 Å². The second-order valence-corrected chi connectivity index (χ2v) is 4.18. The molecule has 1 amide bonds. The molecule has 2 rings (SSSR count). The molecule has 0 spiro atoms. The van der Waals surface area contributed by atoms with E-state index in [1.165, 1.54) is 0 Å². The third kappa shape index (κ3) is 3.77. The SMILES string of the molecule is CCOC(=O)N1CCN(c2cc(N)nc(N)n2)CC1.Cl. The molecule has 1 aliphatic rings. The standard InChI is InChI=1S/C11H18N6O2.ClH/c1-2-19-11(18)17-5-3-16(4-6-17)9-7-8(12)14-10(13)15-9;/h7H,2-6H2,1H3,(H4,12,13,14,15);1H. The van der Waals surface area contributed by atoms with E-state index in [0.717, 1.165) is 0 Å². The molecule has 1 aromatic heterocycles. The number of hydrogen-bond donors (Lipinski definition) is 2. The summed E-state index contributed by atoms with van der Waals surface area (Å²) in [7, 11) is 0. The van der Waals surface area contributed by atoms with Crippen LogP contribution in [0.4, 0.5) is 22.4 Å². The number of anilines is 3. The minimum atomic E-state index is -0.274. The van der Waals surface area contributed by atoms with Crippen LogP contribution in [0.2, 0.25) is 0 Å². The lowest BCUT2D eigenvalue weighted by atomic mass is 10.3. The molecule has 1 saturated heterocycles. The van der Waals surface area contributed by atoms with Crippen molar-refractivity contribution < 1.29 is 9.53 Å². The Kier molecular flexibility index (Phi) is 5.63. The maximum Gasteiger partial charge on any atom is 0.409 e. The first-order valence-corrected chi connectivity index (χ1v) is 6.17. The van der Waals surface area contributed by atoms with Gasteiger partial charge in [0.15, 0.2) is 0 Å². The molecule has 2 heterocycles. The van der Waals surface area contributed by atoms with Crippen LogP contribution < -0.4 is 16.4 Å². The van der Waals surface area contributed by atoms with Crippen LogP contribution in [0, 0.1) is 0 Å². The van der Waals surface area contributed by atoms with Crippen molar-refractivity contribution in [1.29, 1.82) is 0 Å². The predicted octanol–water partition coefficient (Wildman–Crippen LogP) is 0.341. The van der Waals surface area contributed by atoms with Crippen LogP contribution in [0.25, 0.3) is 0 Å². The summed E-state index contributed by atoms with van der Waals surface area (Å²) in [5, 5.41) is 0. The summed E-state index contributed by atoms with van der Waals surface area (Å²) in [6.45, 7) is 4.67. The number of carbonyl (C=O) groups is 1. The van der Waals surface area contributed by atoms with Crippen molar-refractivity contribution in [3.63, 3.8) is 0 Å². The van der Waals surface area contributed by atoms with Crippen molar-refractivity contribution in [2.24, 2.45) is 0 Å². The fraction of sp³-hybridized carbons (Fsp3) is 0.545. The van der Waals surface area contributed by atoms with E-state index < -0.39 is 0 Å². The highest BCUT2D eigenvalue weighted by atomic mass is 35.5. The Balaban J connectivity index is 0.00000200. The molecule has 1 aromatic rings. The summed E-state index contributed by atoms with van der Waals surface area (Å²) in [6.07, 6.45) is -0.274. The number of piperazine rings is 1. The fourth-order valence-corrected chi connectivity index (χ4v) is 1.97. The van der Waals surface area contributed by atoms with Gasteiger partial charge in [-0.15, -0.1) is 12.4 Å². The first-order chi connectivity index (χ1) is 9.10. The number of nitrogens with two attached hydrogens (primary N) is 2. The number of nitrogens with zero attached hydrogens (tertiary/aromatic N) is 4. The lowest BCUT2D eigenvalue weighted by molar-refractivity contribution is 0.105. The lowest BCUT2D eigenvalue weighted by Gasteiger charge is -2.34. The number of aromatic nitrogens is 2. The van der Waals surface area contributed by atoms with E-state index >= 15 is 0 Å². The highest BCUT2D eigenvalue weighted by Gasteiger charge is 2.23. The van der Waals surface area contributed by atoms with E-state index in [2.05, 4.69) is 9.97 Å². The Bertz CT molecular complexity index is 444. The molecule has 0 bridgehead atoms. The maximum atomic E-state index is 11.6. The molecular formula is C11H19ClN6O2. The number of rotatable bonds is 2. The topological polar surface area (TPSA) is 111 Å². The molecule has 0 aromatic carbocycles. The summed E-state index contributed by atoms with van der Waals surface area (Å²) in [4.78, 5) is 23.2. The van der Waals surface area contributed by atoms with Gasteiger partial charge in [0.2, 0.25) is 5.95 Å².